The molecule has 0 aromatic rings. The zero-order valence-electron chi connectivity index (χ0n) is 8.95. The van der Waals surface area contributed by atoms with E-state index in [0.717, 1.165) is 19.4 Å². The maximum Gasteiger partial charge on any atom is 0.316 e. The fraction of sp³-hybridized carbons (Fsp3) is 0.900. The molecule has 2 atom stereocenters. The lowest BCUT2D eigenvalue weighted by molar-refractivity contribution is -0.160. The van der Waals surface area contributed by atoms with Gasteiger partial charge in [0, 0.05) is 13.2 Å². The number of rotatable bonds is 2. The number of esters is 1. The Kier molecular flexibility index (Phi) is 4.37. The Bertz CT molecular complexity index is 237. The molecule has 0 unspecified atom stereocenters. The van der Waals surface area contributed by atoms with Crippen molar-refractivity contribution in [2.45, 2.75) is 25.9 Å². The Balaban J connectivity index is 0.00000112. The molecular formula is C10H18ClNO3. The van der Waals surface area contributed by atoms with E-state index >= 15 is 0 Å². The van der Waals surface area contributed by atoms with Crippen molar-refractivity contribution in [1.82, 2.24) is 5.32 Å². The van der Waals surface area contributed by atoms with Crippen molar-refractivity contribution in [3.8, 4) is 0 Å². The van der Waals surface area contributed by atoms with Gasteiger partial charge >= 0.3 is 5.97 Å². The summed E-state index contributed by atoms with van der Waals surface area (Å²) in [5.41, 5.74) is -0.395. The van der Waals surface area contributed by atoms with Crippen molar-refractivity contribution in [2.75, 3.05) is 26.3 Å². The highest BCUT2D eigenvalue weighted by molar-refractivity contribution is 5.85. The van der Waals surface area contributed by atoms with Gasteiger partial charge in [-0.15, -0.1) is 12.4 Å². The number of fused-ring (bicyclic) bond motifs is 1. The quantitative estimate of drug-likeness (QED) is 0.718. The van der Waals surface area contributed by atoms with E-state index in [4.69, 9.17) is 9.47 Å². The van der Waals surface area contributed by atoms with Crippen molar-refractivity contribution in [3.05, 3.63) is 0 Å². The van der Waals surface area contributed by atoms with Crippen LogP contribution in [0.15, 0.2) is 0 Å². The van der Waals surface area contributed by atoms with Crippen LogP contribution in [0.1, 0.15) is 19.8 Å². The summed E-state index contributed by atoms with van der Waals surface area (Å²) in [4.78, 5) is 11.9. The second-order valence-electron chi connectivity index (χ2n) is 3.95. The normalized spacial score (nSPS) is 34.1. The molecule has 88 valence electrons. The molecule has 5 heteroatoms. The molecule has 1 N–H and O–H groups in total. The third kappa shape index (κ3) is 2.12. The summed E-state index contributed by atoms with van der Waals surface area (Å²) in [7, 11) is 0. The molecule has 0 aliphatic carbocycles. The average Bonchev–Trinajstić information content (AvgIpc) is 2.62. The van der Waals surface area contributed by atoms with Gasteiger partial charge < -0.3 is 14.8 Å². The first kappa shape index (κ1) is 12.7. The Hall–Kier alpha value is -0.320. The van der Waals surface area contributed by atoms with Crippen LogP contribution in [0, 0.1) is 5.41 Å². The molecule has 2 heterocycles. The molecule has 2 saturated heterocycles. The van der Waals surface area contributed by atoms with Crippen LogP contribution < -0.4 is 5.32 Å². The summed E-state index contributed by atoms with van der Waals surface area (Å²) in [5.74, 6) is -0.0882. The molecule has 2 fully saturated rings. The molecular weight excluding hydrogens is 218 g/mol. The van der Waals surface area contributed by atoms with Crippen molar-refractivity contribution in [2.24, 2.45) is 5.41 Å². The van der Waals surface area contributed by atoms with Crippen molar-refractivity contribution >= 4 is 18.4 Å². The second-order valence-corrected chi connectivity index (χ2v) is 3.95. The molecule has 0 amide bonds. The van der Waals surface area contributed by atoms with Crippen LogP contribution in [0.4, 0.5) is 0 Å². The summed E-state index contributed by atoms with van der Waals surface area (Å²) >= 11 is 0. The minimum Gasteiger partial charge on any atom is -0.465 e. The minimum absolute atomic E-state index is 0. The van der Waals surface area contributed by atoms with Gasteiger partial charge in [-0.25, -0.2) is 0 Å². The van der Waals surface area contributed by atoms with E-state index in [-0.39, 0.29) is 24.5 Å². The molecule has 0 spiro atoms. The van der Waals surface area contributed by atoms with Crippen LogP contribution >= 0.6 is 12.4 Å². The molecule has 2 rings (SSSR count). The monoisotopic (exact) mass is 235 g/mol. The van der Waals surface area contributed by atoms with E-state index < -0.39 is 5.41 Å². The fourth-order valence-electron chi connectivity index (χ4n) is 2.39. The third-order valence-electron chi connectivity index (χ3n) is 3.19. The molecule has 0 aromatic carbocycles. The third-order valence-corrected chi connectivity index (χ3v) is 3.19. The first-order chi connectivity index (χ1) is 6.79. The first-order valence-corrected chi connectivity index (χ1v) is 5.29. The van der Waals surface area contributed by atoms with Gasteiger partial charge in [-0.1, -0.05) is 0 Å². The lowest BCUT2D eigenvalue weighted by Crippen LogP contribution is -2.52. The number of nitrogens with one attached hydrogen (secondary N) is 1. The van der Waals surface area contributed by atoms with Gasteiger partial charge in [0.15, 0.2) is 0 Å². The molecule has 4 nitrogen and oxygen atoms in total. The van der Waals surface area contributed by atoms with Gasteiger partial charge in [0.1, 0.15) is 5.41 Å². The van der Waals surface area contributed by atoms with Gasteiger partial charge in [0.2, 0.25) is 0 Å². The molecule has 0 radical (unpaired) electrons. The molecule has 0 saturated carbocycles. The number of hydrogen-bond acceptors (Lipinski definition) is 4. The average molecular weight is 236 g/mol. The zero-order chi connectivity index (χ0) is 10.0. The Morgan fingerprint density at radius 3 is 3.20 bits per heavy atom. The topological polar surface area (TPSA) is 47.6 Å². The summed E-state index contributed by atoms with van der Waals surface area (Å²) in [6.07, 6.45) is 1.78. The maximum atomic E-state index is 11.9. The van der Waals surface area contributed by atoms with E-state index in [1.54, 1.807) is 0 Å². The van der Waals surface area contributed by atoms with Crippen LogP contribution in [-0.2, 0) is 14.3 Å². The SMILES string of the molecule is CCOC(=O)[C@@]12CCO[C@@H]1CCNC2.Cl. The van der Waals surface area contributed by atoms with Gasteiger partial charge in [-0.05, 0) is 26.3 Å². The number of halogens is 1. The lowest BCUT2D eigenvalue weighted by Gasteiger charge is -2.35. The lowest BCUT2D eigenvalue weighted by atomic mass is 9.77. The van der Waals surface area contributed by atoms with Gasteiger partial charge in [-0.3, -0.25) is 4.79 Å². The highest BCUT2D eigenvalue weighted by Crippen LogP contribution is 2.39. The predicted molar refractivity (Wildman–Crippen MR) is 58.2 cm³/mol. The van der Waals surface area contributed by atoms with Crippen molar-refractivity contribution < 1.29 is 14.3 Å². The molecule has 0 aromatic heterocycles. The summed E-state index contributed by atoms with van der Waals surface area (Å²) < 4.78 is 10.7. The van der Waals surface area contributed by atoms with Crippen LogP contribution in [0.2, 0.25) is 0 Å². The smallest absolute Gasteiger partial charge is 0.316 e. The standard InChI is InChI=1S/C10H17NO3.ClH/c1-2-13-9(12)10-4-6-14-8(10)3-5-11-7-10;/h8,11H,2-7H2,1H3;1H/t8-,10-;/m1./s1. The second kappa shape index (κ2) is 5.14. The Morgan fingerprint density at radius 1 is 1.67 bits per heavy atom. The van der Waals surface area contributed by atoms with Crippen molar-refractivity contribution in [1.29, 1.82) is 0 Å². The largest absolute Gasteiger partial charge is 0.465 e. The first-order valence-electron chi connectivity index (χ1n) is 5.29. The summed E-state index contributed by atoms with van der Waals surface area (Å²) in [6.45, 7) is 4.62. The highest BCUT2D eigenvalue weighted by atomic mass is 35.5. The maximum absolute atomic E-state index is 11.9. The number of piperidine rings is 1. The van der Waals surface area contributed by atoms with Crippen LogP contribution in [0.3, 0.4) is 0 Å². The van der Waals surface area contributed by atoms with Gasteiger partial charge in [-0.2, -0.15) is 0 Å². The van der Waals surface area contributed by atoms with Crippen LogP contribution in [0.5, 0.6) is 0 Å². The number of carbonyl (C=O) groups excluding carboxylic acids is 1. The Morgan fingerprint density at radius 2 is 2.47 bits per heavy atom. The number of hydrogen-bond donors (Lipinski definition) is 1. The van der Waals surface area contributed by atoms with E-state index in [1.165, 1.54) is 0 Å². The van der Waals surface area contributed by atoms with E-state index in [9.17, 15) is 4.79 Å². The van der Waals surface area contributed by atoms with Gasteiger partial charge in [0.05, 0.1) is 12.7 Å². The molecule has 15 heavy (non-hydrogen) atoms. The van der Waals surface area contributed by atoms with Gasteiger partial charge in [0.25, 0.3) is 0 Å². The van der Waals surface area contributed by atoms with E-state index in [2.05, 4.69) is 5.32 Å². The minimum atomic E-state index is -0.395. The number of ether oxygens (including phenoxy) is 2. The van der Waals surface area contributed by atoms with E-state index in [0.29, 0.717) is 19.8 Å². The molecule has 2 aliphatic heterocycles. The molecule has 0 bridgehead atoms. The predicted octanol–water partition coefficient (Wildman–Crippen LogP) is 0.740. The van der Waals surface area contributed by atoms with Crippen LogP contribution in [0.25, 0.3) is 0 Å². The summed E-state index contributed by atoms with van der Waals surface area (Å²) in [6, 6.07) is 0. The molecule has 2 aliphatic rings. The fourth-order valence-corrected chi connectivity index (χ4v) is 2.39. The van der Waals surface area contributed by atoms with E-state index in [1.807, 2.05) is 6.92 Å². The Labute approximate surface area is 96.1 Å². The number of carbonyl (C=O) groups is 1. The van der Waals surface area contributed by atoms with Crippen LogP contribution in [-0.4, -0.2) is 38.4 Å². The zero-order valence-corrected chi connectivity index (χ0v) is 9.77. The summed E-state index contributed by atoms with van der Waals surface area (Å²) in [5, 5.41) is 3.26. The van der Waals surface area contributed by atoms with Crippen molar-refractivity contribution in [3.63, 3.8) is 0 Å². The highest BCUT2D eigenvalue weighted by Gasteiger charge is 2.52.